The fourth-order valence-electron chi connectivity index (χ4n) is 3.37. The number of hydrogen-bond donors (Lipinski definition) is 1. The van der Waals surface area contributed by atoms with Crippen molar-refractivity contribution in [1.29, 1.82) is 0 Å². The Hall–Kier alpha value is -2.77. The Morgan fingerprint density at radius 2 is 1.68 bits per heavy atom. The minimum Gasteiger partial charge on any atom is -0.462 e. The van der Waals surface area contributed by atoms with Gasteiger partial charge < -0.3 is 14.5 Å². The zero-order valence-corrected chi connectivity index (χ0v) is 15.7. The molecule has 146 valence electrons. The van der Waals surface area contributed by atoms with Crippen molar-refractivity contribution >= 4 is 35.7 Å². The lowest BCUT2D eigenvalue weighted by Gasteiger charge is -2.22. The van der Waals surface area contributed by atoms with Crippen LogP contribution in [0.4, 0.5) is 0 Å². The van der Waals surface area contributed by atoms with Crippen molar-refractivity contribution < 1.29 is 28.3 Å². The Balaban J connectivity index is 0.00000225. The van der Waals surface area contributed by atoms with Crippen molar-refractivity contribution in [3.8, 4) is 0 Å². The summed E-state index contributed by atoms with van der Waals surface area (Å²) < 4.78 is 10.7. The highest BCUT2D eigenvalue weighted by Crippen LogP contribution is 2.30. The van der Waals surface area contributed by atoms with Gasteiger partial charge in [-0.3, -0.25) is 19.2 Å². The third-order valence-electron chi connectivity index (χ3n) is 4.76. The molecule has 28 heavy (non-hydrogen) atoms. The molecule has 1 aromatic carbocycles. The van der Waals surface area contributed by atoms with Gasteiger partial charge in [0.05, 0.1) is 5.56 Å². The quantitative estimate of drug-likeness (QED) is 0.405. The number of nitrogens with one attached hydrogen (secondary N) is 1. The van der Waals surface area contributed by atoms with E-state index in [0.29, 0.717) is 12.8 Å². The third-order valence-corrected chi connectivity index (χ3v) is 4.76. The largest absolute Gasteiger partial charge is 0.462 e. The van der Waals surface area contributed by atoms with Gasteiger partial charge in [0.15, 0.2) is 17.3 Å². The van der Waals surface area contributed by atoms with Crippen LogP contribution in [0.5, 0.6) is 0 Å². The maximum absolute atomic E-state index is 12.6. The van der Waals surface area contributed by atoms with E-state index in [9.17, 15) is 19.2 Å². The second kappa shape index (κ2) is 8.08. The molecule has 8 heteroatoms. The lowest BCUT2D eigenvalue weighted by molar-refractivity contribution is -0.149. The SMILES string of the molecule is Cl.O=C(CC(=O)c1cc2c(o1)C(=O)c1ccccc1C2=O)OC1CCNCC1. The molecule has 0 spiro atoms. The van der Waals surface area contributed by atoms with Crippen molar-refractivity contribution in [3.63, 3.8) is 0 Å². The van der Waals surface area contributed by atoms with E-state index in [4.69, 9.17) is 9.15 Å². The van der Waals surface area contributed by atoms with Gasteiger partial charge in [0.1, 0.15) is 12.5 Å². The van der Waals surface area contributed by atoms with E-state index in [-0.39, 0.29) is 52.5 Å². The lowest BCUT2D eigenvalue weighted by Crippen LogP contribution is -2.34. The number of ketones is 3. The molecule has 0 radical (unpaired) electrons. The molecule has 1 fully saturated rings. The zero-order chi connectivity index (χ0) is 19.0. The van der Waals surface area contributed by atoms with Crippen LogP contribution in [-0.2, 0) is 9.53 Å². The van der Waals surface area contributed by atoms with E-state index in [1.165, 1.54) is 6.07 Å². The number of ether oxygens (including phenoxy) is 1. The second-order valence-corrected chi connectivity index (χ2v) is 6.60. The van der Waals surface area contributed by atoms with Crippen LogP contribution in [0.2, 0.25) is 0 Å². The highest BCUT2D eigenvalue weighted by molar-refractivity contribution is 6.28. The van der Waals surface area contributed by atoms with Crippen LogP contribution in [-0.4, -0.2) is 42.5 Å². The van der Waals surface area contributed by atoms with Gasteiger partial charge in [-0.15, -0.1) is 12.4 Å². The summed E-state index contributed by atoms with van der Waals surface area (Å²) in [5.74, 6) is -2.42. The molecule has 0 unspecified atom stereocenters. The van der Waals surface area contributed by atoms with Gasteiger partial charge in [0.2, 0.25) is 11.6 Å². The van der Waals surface area contributed by atoms with Crippen molar-refractivity contribution in [2.24, 2.45) is 0 Å². The van der Waals surface area contributed by atoms with Crippen LogP contribution in [0, 0.1) is 0 Å². The standard InChI is InChI=1S/C20H17NO6.ClH/c22-15(10-17(23)26-11-5-7-21-8-6-11)16-9-14-18(24)12-3-1-2-4-13(12)19(25)20(14)27-16;/h1-4,9,11,21H,5-8,10H2;1H. The Bertz CT molecular complexity index is 905. The van der Waals surface area contributed by atoms with E-state index in [1.807, 2.05) is 0 Å². The molecule has 4 rings (SSSR count). The smallest absolute Gasteiger partial charge is 0.314 e. The normalized spacial score (nSPS) is 16.0. The van der Waals surface area contributed by atoms with Crippen LogP contribution in [0.25, 0.3) is 0 Å². The van der Waals surface area contributed by atoms with E-state index >= 15 is 0 Å². The molecule has 2 aliphatic rings. The minimum absolute atomic E-state index is 0. The molecule has 1 aliphatic heterocycles. The first-order valence-corrected chi connectivity index (χ1v) is 8.80. The number of hydrogen-bond acceptors (Lipinski definition) is 7. The fourth-order valence-corrected chi connectivity index (χ4v) is 3.37. The molecule has 7 nitrogen and oxygen atoms in total. The van der Waals surface area contributed by atoms with Crippen LogP contribution >= 0.6 is 12.4 Å². The number of Topliss-reactive ketones (excluding diaryl/α,β-unsaturated/α-hetero) is 1. The summed E-state index contributed by atoms with van der Waals surface area (Å²) in [6.07, 6.45) is 0.715. The van der Waals surface area contributed by atoms with Crippen LogP contribution in [0.1, 0.15) is 61.9 Å². The Labute approximate surface area is 166 Å². The Morgan fingerprint density at radius 1 is 1.04 bits per heavy atom. The average Bonchev–Trinajstić information content (AvgIpc) is 3.13. The average molecular weight is 404 g/mol. The topological polar surface area (TPSA) is 103 Å². The summed E-state index contributed by atoms with van der Waals surface area (Å²) in [4.78, 5) is 49.5. The van der Waals surface area contributed by atoms with Crippen molar-refractivity contribution in [2.75, 3.05) is 13.1 Å². The summed E-state index contributed by atoms with van der Waals surface area (Å²) in [5.41, 5.74) is 0.572. The molecule has 1 aromatic heterocycles. The zero-order valence-electron chi connectivity index (χ0n) is 14.9. The van der Waals surface area contributed by atoms with Crippen LogP contribution < -0.4 is 5.32 Å². The lowest BCUT2D eigenvalue weighted by atomic mass is 9.88. The number of carbonyl (C=O) groups excluding carboxylic acids is 4. The number of rotatable bonds is 4. The van der Waals surface area contributed by atoms with E-state index in [2.05, 4.69) is 5.32 Å². The first-order valence-electron chi connectivity index (χ1n) is 8.80. The number of furan rings is 1. The first kappa shape index (κ1) is 20.0. The fraction of sp³-hybridized carbons (Fsp3) is 0.300. The summed E-state index contributed by atoms with van der Waals surface area (Å²) >= 11 is 0. The molecule has 1 aliphatic carbocycles. The Kier molecular flexibility index (Phi) is 5.76. The maximum Gasteiger partial charge on any atom is 0.314 e. The Morgan fingerprint density at radius 3 is 2.36 bits per heavy atom. The summed E-state index contributed by atoms with van der Waals surface area (Å²) in [6.45, 7) is 1.53. The number of carbonyl (C=O) groups is 4. The molecular weight excluding hydrogens is 386 g/mol. The minimum atomic E-state index is -0.637. The number of fused-ring (bicyclic) bond motifs is 2. The summed E-state index contributed by atoms with van der Waals surface area (Å²) in [6, 6.07) is 7.66. The number of benzene rings is 1. The van der Waals surface area contributed by atoms with Gasteiger partial charge in [-0.1, -0.05) is 24.3 Å². The maximum atomic E-state index is 12.6. The van der Waals surface area contributed by atoms with E-state index in [0.717, 1.165) is 13.1 Å². The molecule has 2 aromatic rings. The van der Waals surface area contributed by atoms with Crippen molar-refractivity contribution in [3.05, 3.63) is 58.5 Å². The molecule has 2 heterocycles. The predicted octanol–water partition coefficient (Wildman–Crippen LogP) is 2.34. The summed E-state index contributed by atoms with van der Waals surface area (Å²) in [5, 5.41) is 3.16. The monoisotopic (exact) mass is 403 g/mol. The first-order chi connectivity index (χ1) is 13.0. The predicted molar refractivity (Wildman–Crippen MR) is 100 cm³/mol. The third kappa shape index (κ3) is 3.63. The highest BCUT2D eigenvalue weighted by Gasteiger charge is 2.34. The van der Waals surface area contributed by atoms with Crippen molar-refractivity contribution in [2.45, 2.75) is 25.4 Å². The number of halogens is 1. The van der Waals surface area contributed by atoms with Gasteiger partial charge in [-0.05, 0) is 32.0 Å². The molecule has 0 saturated carbocycles. The van der Waals surface area contributed by atoms with Gasteiger partial charge in [-0.2, -0.15) is 0 Å². The molecule has 0 amide bonds. The van der Waals surface area contributed by atoms with Gasteiger partial charge in [-0.25, -0.2) is 0 Å². The molecular formula is C20H18ClNO6. The summed E-state index contributed by atoms with van der Waals surface area (Å²) in [7, 11) is 0. The molecule has 1 saturated heterocycles. The van der Waals surface area contributed by atoms with Gasteiger partial charge >= 0.3 is 5.97 Å². The van der Waals surface area contributed by atoms with Gasteiger partial charge in [0.25, 0.3) is 0 Å². The number of piperidine rings is 1. The van der Waals surface area contributed by atoms with Gasteiger partial charge in [0, 0.05) is 11.1 Å². The number of esters is 1. The highest BCUT2D eigenvalue weighted by atomic mass is 35.5. The van der Waals surface area contributed by atoms with E-state index in [1.54, 1.807) is 24.3 Å². The van der Waals surface area contributed by atoms with E-state index < -0.39 is 24.0 Å². The molecule has 0 bridgehead atoms. The van der Waals surface area contributed by atoms with Crippen LogP contribution in [0.15, 0.2) is 34.7 Å². The van der Waals surface area contributed by atoms with Crippen molar-refractivity contribution in [1.82, 2.24) is 5.32 Å². The molecule has 1 N–H and O–H groups in total. The van der Waals surface area contributed by atoms with Crippen LogP contribution in [0.3, 0.4) is 0 Å². The second-order valence-electron chi connectivity index (χ2n) is 6.60. The molecule has 0 atom stereocenters.